The van der Waals surface area contributed by atoms with E-state index in [1.54, 1.807) is 0 Å². The molecule has 20 heavy (non-hydrogen) atoms. The Morgan fingerprint density at radius 1 is 1.30 bits per heavy atom. The minimum atomic E-state index is -0.184. The standard InChI is InChI=1S/C14H15N3O2S/c1-9-8-11(13(18)19-9)20-14-16-15-12(17(14)2)10-6-4-3-5-7-10/h3-7,9,11H,8H2,1-2H3/t9-,11+/m0/s1. The van der Waals surface area contributed by atoms with Crippen molar-refractivity contribution in [3.8, 4) is 11.4 Å². The number of hydrogen-bond donors (Lipinski definition) is 0. The van der Waals surface area contributed by atoms with Gasteiger partial charge < -0.3 is 9.30 Å². The van der Waals surface area contributed by atoms with Crippen molar-refractivity contribution in [1.29, 1.82) is 0 Å². The van der Waals surface area contributed by atoms with Crippen LogP contribution < -0.4 is 0 Å². The Hall–Kier alpha value is -1.82. The SMILES string of the molecule is C[C@H]1C[C@@H](Sc2nnc(-c3ccccc3)n2C)C(=O)O1. The lowest BCUT2D eigenvalue weighted by Crippen LogP contribution is -2.10. The molecule has 1 aromatic heterocycles. The summed E-state index contributed by atoms with van der Waals surface area (Å²) in [6.07, 6.45) is 0.707. The van der Waals surface area contributed by atoms with Crippen LogP contribution in [0, 0.1) is 0 Å². The van der Waals surface area contributed by atoms with Crippen molar-refractivity contribution in [1.82, 2.24) is 14.8 Å². The number of esters is 1. The van der Waals surface area contributed by atoms with Gasteiger partial charge in [-0.25, -0.2) is 0 Å². The number of hydrogen-bond acceptors (Lipinski definition) is 5. The molecule has 1 aliphatic heterocycles. The van der Waals surface area contributed by atoms with Crippen LogP contribution in [0.2, 0.25) is 0 Å². The van der Waals surface area contributed by atoms with E-state index in [4.69, 9.17) is 4.74 Å². The molecular formula is C14H15N3O2S. The minimum absolute atomic E-state index is 0.0122. The van der Waals surface area contributed by atoms with Crippen LogP contribution in [0.1, 0.15) is 13.3 Å². The first-order valence-electron chi connectivity index (χ1n) is 6.47. The fraction of sp³-hybridized carbons (Fsp3) is 0.357. The predicted octanol–water partition coefficient (Wildman–Crippen LogP) is 2.28. The molecule has 0 spiro atoms. The van der Waals surface area contributed by atoms with Crippen molar-refractivity contribution in [2.45, 2.75) is 29.9 Å². The van der Waals surface area contributed by atoms with Crippen molar-refractivity contribution in [2.24, 2.45) is 7.05 Å². The summed E-state index contributed by atoms with van der Waals surface area (Å²) in [6, 6.07) is 9.87. The average Bonchev–Trinajstić information content (AvgIpc) is 2.95. The summed E-state index contributed by atoms with van der Waals surface area (Å²) in [5.74, 6) is 0.638. The Morgan fingerprint density at radius 2 is 2.05 bits per heavy atom. The molecule has 0 bridgehead atoms. The Balaban J connectivity index is 1.83. The maximum atomic E-state index is 11.7. The molecule has 6 heteroatoms. The third-order valence-corrected chi connectivity index (χ3v) is 4.48. The topological polar surface area (TPSA) is 57.0 Å². The van der Waals surface area contributed by atoms with Crippen LogP contribution in [0.5, 0.6) is 0 Å². The zero-order valence-corrected chi connectivity index (χ0v) is 12.1. The zero-order valence-electron chi connectivity index (χ0n) is 11.3. The first kappa shape index (κ1) is 13.2. The molecule has 0 aliphatic carbocycles. The first-order chi connectivity index (χ1) is 9.65. The molecule has 5 nitrogen and oxygen atoms in total. The highest BCUT2D eigenvalue weighted by atomic mass is 32.2. The fourth-order valence-electron chi connectivity index (χ4n) is 2.20. The monoisotopic (exact) mass is 289 g/mol. The highest BCUT2D eigenvalue weighted by molar-refractivity contribution is 8.00. The van der Waals surface area contributed by atoms with Gasteiger partial charge >= 0.3 is 5.97 Å². The summed E-state index contributed by atoms with van der Waals surface area (Å²) in [6.45, 7) is 1.91. The van der Waals surface area contributed by atoms with Crippen LogP contribution in [-0.4, -0.2) is 32.1 Å². The van der Waals surface area contributed by atoms with Crippen LogP contribution in [0.3, 0.4) is 0 Å². The van der Waals surface area contributed by atoms with Crippen molar-refractivity contribution >= 4 is 17.7 Å². The second kappa shape index (κ2) is 5.28. The van der Waals surface area contributed by atoms with E-state index in [-0.39, 0.29) is 17.3 Å². The van der Waals surface area contributed by atoms with Crippen LogP contribution in [0.15, 0.2) is 35.5 Å². The highest BCUT2D eigenvalue weighted by Crippen LogP contribution is 2.32. The molecule has 0 unspecified atom stereocenters. The van der Waals surface area contributed by atoms with Gasteiger partial charge in [0.25, 0.3) is 0 Å². The molecular weight excluding hydrogens is 274 g/mol. The van der Waals surface area contributed by atoms with E-state index in [9.17, 15) is 4.79 Å². The molecule has 0 radical (unpaired) electrons. The van der Waals surface area contributed by atoms with E-state index in [0.29, 0.717) is 0 Å². The largest absolute Gasteiger partial charge is 0.462 e. The molecule has 1 fully saturated rings. The number of rotatable bonds is 3. The molecule has 0 saturated carbocycles. The van der Waals surface area contributed by atoms with Gasteiger partial charge in [-0.1, -0.05) is 42.1 Å². The molecule has 0 N–H and O–H groups in total. The third kappa shape index (κ3) is 2.43. The number of carbonyl (C=O) groups is 1. The Kier molecular flexibility index (Phi) is 3.48. The van der Waals surface area contributed by atoms with E-state index in [1.807, 2.05) is 48.9 Å². The Morgan fingerprint density at radius 3 is 2.70 bits per heavy atom. The van der Waals surface area contributed by atoms with Gasteiger partial charge in [0.05, 0.1) is 0 Å². The maximum Gasteiger partial charge on any atom is 0.319 e. The number of nitrogens with zero attached hydrogens (tertiary/aromatic N) is 3. The number of ether oxygens (including phenoxy) is 1. The first-order valence-corrected chi connectivity index (χ1v) is 7.35. The molecule has 104 valence electrons. The maximum absolute atomic E-state index is 11.7. The van der Waals surface area contributed by atoms with E-state index < -0.39 is 0 Å². The zero-order chi connectivity index (χ0) is 14.1. The Labute approximate surface area is 121 Å². The molecule has 2 heterocycles. The van der Waals surface area contributed by atoms with Gasteiger partial charge in [-0.3, -0.25) is 4.79 Å². The number of carbonyl (C=O) groups excluding carboxylic acids is 1. The quantitative estimate of drug-likeness (QED) is 0.811. The summed E-state index contributed by atoms with van der Waals surface area (Å²) in [4.78, 5) is 11.7. The van der Waals surface area contributed by atoms with Crippen LogP contribution in [-0.2, 0) is 16.6 Å². The second-order valence-electron chi connectivity index (χ2n) is 4.82. The second-order valence-corrected chi connectivity index (χ2v) is 5.99. The molecule has 2 aromatic rings. The van der Waals surface area contributed by atoms with E-state index >= 15 is 0 Å². The van der Waals surface area contributed by atoms with Crippen molar-refractivity contribution < 1.29 is 9.53 Å². The van der Waals surface area contributed by atoms with Crippen LogP contribution in [0.4, 0.5) is 0 Å². The van der Waals surface area contributed by atoms with Crippen LogP contribution >= 0.6 is 11.8 Å². The van der Waals surface area contributed by atoms with E-state index in [2.05, 4.69) is 10.2 Å². The van der Waals surface area contributed by atoms with Crippen molar-refractivity contribution in [3.05, 3.63) is 30.3 Å². The smallest absolute Gasteiger partial charge is 0.319 e. The minimum Gasteiger partial charge on any atom is -0.462 e. The third-order valence-electron chi connectivity index (χ3n) is 3.24. The number of thioether (sulfide) groups is 1. The van der Waals surface area contributed by atoms with Crippen LogP contribution in [0.25, 0.3) is 11.4 Å². The predicted molar refractivity (Wildman–Crippen MR) is 76.3 cm³/mol. The molecule has 2 atom stereocenters. The molecule has 1 aliphatic rings. The number of benzene rings is 1. The van der Waals surface area contributed by atoms with E-state index in [0.717, 1.165) is 23.0 Å². The molecule has 1 saturated heterocycles. The lowest BCUT2D eigenvalue weighted by molar-refractivity contribution is -0.140. The lowest BCUT2D eigenvalue weighted by Gasteiger charge is -2.05. The summed E-state index contributed by atoms with van der Waals surface area (Å²) in [5.41, 5.74) is 1.01. The summed E-state index contributed by atoms with van der Waals surface area (Å²) >= 11 is 1.42. The fourth-order valence-corrected chi connectivity index (χ4v) is 3.31. The average molecular weight is 289 g/mol. The van der Waals surface area contributed by atoms with Gasteiger partial charge in [0.2, 0.25) is 0 Å². The highest BCUT2D eigenvalue weighted by Gasteiger charge is 2.34. The van der Waals surface area contributed by atoms with Crippen molar-refractivity contribution in [3.63, 3.8) is 0 Å². The number of cyclic esters (lactones) is 1. The Bertz CT molecular complexity index is 627. The van der Waals surface area contributed by atoms with Gasteiger partial charge in [0.1, 0.15) is 11.4 Å². The summed E-state index contributed by atoms with van der Waals surface area (Å²) in [7, 11) is 1.91. The molecule has 0 amide bonds. The molecule has 1 aromatic carbocycles. The molecule has 3 rings (SSSR count). The van der Waals surface area contributed by atoms with Gasteiger partial charge in [-0.05, 0) is 6.92 Å². The van der Waals surface area contributed by atoms with Gasteiger partial charge in [-0.15, -0.1) is 10.2 Å². The van der Waals surface area contributed by atoms with Gasteiger partial charge in [-0.2, -0.15) is 0 Å². The lowest BCUT2D eigenvalue weighted by atomic mass is 10.2. The summed E-state index contributed by atoms with van der Waals surface area (Å²) < 4.78 is 7.07. The number of aromatic nitrogens is 3. The summed E-state index contributed by atoms with van der Waals surface area (Å²) in [5, 5.41) is 8.95. The normalized spacial score (nSPS) is 22.0. The van der Waals surface area contributed by atoms with Gasteiger partial charge in [0.15, 0.2) is 11.0 Å². The van der Waals surface area contributed by atoms with Gasteiger partial charge in [0, 0.05) is 19.0 Å². The van der Waals surface area contributed by atoms with Crippen molar-refractivity contribution in [2.75, 3.05) is 0 Å². The van der Waals surface area contributed by atoms with E-state index in [1.165, 1.54) is 11.8 Å².